The second kappa shape index (κ2) is 4.74. The molecule has 23 heavy (non-hydrogen) atoms. The molecule has 2 heterocycles. The topological polar surface area (TPSA) is 36.3 Å². The monoisotopic (exact) mass is 326 g/mol. The molecule has 0 bridgehead atoms. The molecule has 1 aromatic heterocycles. The lowest BCUT2D eigenvalue weighted by atomic mass is 9.77. The van der Waals surface area contributed by atoms with Crippen molar-refractivity contribution in [2.24, 2.45) is 7.05 Å². The predicted octanol–water partition coefficient (Wildman–Crippen LogP) is 2.89. The van der Waals surface area contributed by atoms with E-state index in [0.717, 1.165) is 6.07 Å². The van der Waals surface area contributed by atoms with Gasteiger partial charge in [-0.3, -0.25) is 4.68 Å². The van der Waals surface area contributed by atoms with Crippen LogP contribution in [-0.4, -0.2) is 28.1 Å². The average Bonchev–Trinajstić information content (AvgIpc) is 2.83. The van der Waals surface area contributed by atoms with E-state index in [1.165, 1.54) is 4.68 Å². The number of hydrogen-bond donors (Lipinski definition) is 0. The average molecular weight is 326 g/mol. The molecule has 1 saturated heterocycles. The molecule has 0 spiro atoms. The number of rotatable bonds is 1. The Morgan fingerprint density at radius 3 is 2.17 bits per heavy atom. The van der Waals surface area contributed by atoms with Crippen LogP contribution in [0.3, 0.4) is 0 Å². The highest BCUT2D eigenvalue weighted by Gasteiger charge is 2.52. The Balaban J connectivity index is 2.13. The summed E-state index contributed by atoms with van der Waals surface area (Å²) >= 11 is 0. The molecule has 1 aliphatic heterocycles. The first-order valence-electron chi connectivity index (χ1n) is 7.31. The van der Waals surface area contributed by atoms with E-state index in [0.29, 0.717) is 10.8 Å². The number of hydrogen-bond acceptors (Lipinski definition) is 3. The summed E-state index contributed by atoms with van der Waals surface area (Å²) in [6.45, 7) is 7.45. The minimum absolute atomic E-state index is 0.0692. The zero-order valence-electron chi connectivity index (χ0n) is 13.7. The summed E-state index contributed by atoms with van der Waals surface area (Å²) in [6, 6.07) is 2.71. The minimum atomic E-state index is -4.49. The van der Waals surface area contributed by atoms with Gasteiger partial charge in [0.25, 0.3) is 0 Å². The van der Waals surface area contributed by atoms with Crippen LogP contribution in [0.4, 0.5) is 13.2 Å². The van der Waals surface area contributed by atoms with Crippen LogP contribution in [0.5, 0.6) is 0 Å². The Morgan fingerprint density at radius 2 is 1.65 bits per heavy atom. The van der Waals surface area contributed by atoms with Crippen molar-refractivity contribution in [2.45, 2.75) is 45.1 Å². The molecule has 2 aromatic rings. The highest BCUT2D eigenvalue weighted by Crippen LogP contribution is 2.38. The van der Waals surface area contributed by atoms with Gasteiger partial charge in [0.2, 0.25) is 0 Å². The molecular weight excluding hydrogens is 308 g/mol. The van der Waals surface area contributed by atoms with Crippen LogP contribution in [0.2, 0.25) is 0 Å². The van der Waals surface area contributed by atoms with E-state index >= 15 is 0 Å². The normalized spacial score (nSPS) is 20.4. The highest BCUT2D eigenvalue weighted by atomic mass is 19.4. The third-order valence-electron chi connectivity index (χ3n) is 4.58. The van der Waals surface area contributed by atoms with Crippen molar-refractivity contribution in [2.75, 3.05) is 0 Å². The van der Waals surface area contributed by atoms with Gasteiger partial charge in [-0.05, 0) is 39.2 Å². The van der Waals surface area contributed by atoms with Crippen LogP contribution < -0.4 is 5.46 Å². The summed E-state index contributed by atoms with van der Waals surface area (Å²) in [5.41, 5.74) is -1.73. The lowest BCUT2D eigenvalue weighted by Gasteiger charge is -2.32. The quantitative estimate of drug-likeness (QED) is 0.756. The second-order valence-corrected chi connectivity index (χ2v) is 6.90. The fraction of sp³-hybridized carbons (Fsp3) is 0.533. The molecule has 124 valence electrons. The maximum absolute atomic E-state index is 13.4. The van der Waals surface area contributed by atoms with E-state index in [9.17, 15) is 13.2 Å². The van der Waals surface area contributed by atoms with Crippen molar-refractivity contribution in [3.8, 4) is 0 Å². The number of aromatic nitrogens is 2. The van der Waals surface area contributed by atoms with Crippen LogP contribution >= 0.6 is 0 Å². The number of halogens is 3. The molecule has 0 aliphatic carbocycles. The summed E-state index contributed by atoms with van der Waals surface area (Å²) < 4.78 is 53.2. The first-order valence-corrected chi connectivity index (χ1v) is 7.31. The first kappa shape index (κ1) is 16.3. The summed E-state index contributed by atoms with van der Waals surface area (Å²) in [4.78, 5) is 0. The molecular formula is C15H18BF3N2O2. The number of nitrogens with zero attached hydrogens (tertiary/aromatic N) is 2. The van der Waals surface area contributed by atoms with Gasteiger partial charge in [0.1, 0.15) is 5.52 Å². The van der Waals surface area contributed by atoms with Crippen LogP contribution in [0.15, 0.2) is 18.3 Å². The second-order valence-electron chi connectivity index (χ2n) is 6.90. The number of benzene rings is 1. The van der Waals surface area contributed by atoms with E-state index in [-0.39, 0.29) is 5.52 Å². The van der Waals surface area contributed by atoms with Gasteiger partial charge in [-0.15, -0.1) is 0 Å². The Morgan fingerprint density at radius 1 is 1.09 bits per heavy atom. The third kappa shape index (κ3) is 2.63. The SMILES string of the molecule is Cn1cc2cc(B3OC(C)(C)C(C)(C)O3)cc(C(F)(F)F)c2n1. The molecule has 3 rings (SSSR count). The molecule has 1 fully saturated rings. The van der Waals surface area contributed by atoms with Crippen LogP contribution in [0.1, 0.15) is 33.3 Å². The van der Waals surface area contributed by atoms with Crippen molar-refractivity contribution in [1.82, 2.24) is 9.78 Å². The van der Waals surface area contributed by atoms with Crippen LogP contribution in [0, 0.1) is 0 Å². The van der Waals surface area contributed by atoms with Gasteiger partial charge in [0, 0.05) is 18.6 Å². The molecule has 8 heteroatoms. The lowest BCUT2D eigenvalue weighted by Crippen LogP contribution is -2.41. The van der Waals surface area contributed by atoms with Gasteiger partial charge in [0.05, 0.1) is 16.8 Å². The van der Waals surface area contributed by atoms with E-state index in [1.54, 1.807) is 19.3 Å². The minimum Gasteiger partial charge on any atom is -0.399 e. The van der Waals surface area contributed by atoms with Crippen molar-refractivity contribution < 1.29 is 22.5 Å². The molecule has 0 radical (unpaired) electrons. The van der Waals surface area contributed by atoms with Crippen LogP contribution in [-0.2, 0) is 22.5 Å². The van der Waals surface area contributed by atoms with E-state index in [1.807, 2.05) is 27.7 Å². The smallest absolute Gasteiger partial charge is 0.399 e. The van der Waals surface area contributed by atoms with Crippen molar-refractivity contribution in [3.05, 3.63) is 23.9 Å². The lowest BCUT2D eigenvalue weighted by molar-refractivity contribution is -0.136. The number of fused-ring (bicyclic) bond motifs is 1. The standard InChI is InChI=1S/C15H18BF3N2O2/c1-13(2)14(3,4)23-16(22-13)10-6-9-8-21(5)20-12(9)11(7-10)15(17,18)19/h6-8H,1-5H3. The van der Waals surface area contributed by atoms with Gasteiger partial charge in [-0.1, -0.05) is 6.07 Å². The highest BCUT2D eigenvalue weighted by molar-refractivity contribution is 6.62. The van der Waals surface area contributed by atoms with Crippen LogP contribution in [0.25, 0.3) is 10.9 Å². The molecule has 4 nitrogen and oxygen atoms in total. The maximum atomic E-state index is 13.4. The van der Waals surface area contributed by atoms with Crippen molar-refractivity contribution in [1.29, 1.82) is 0 Å². The Bertz CT molecular complexity index is 752. The summed E-state index contributed by atoms with van der Waals surface area (Å²) in [6.07, 6.45) is -2.94. The molecule has 0 atom stereocenters. The molecule has 0 N–H and O–H groups in total. The van der Waals surface area contributed by atoms with Crippen molar-refractivity contribution >= 4 is 23.5 Å². The third-order valence-corrected chi connectivity index (χ3v) is 4.58. The largest absolute Gasteiger partial charge is 0.494 e. The van der Waals surface area contributed by atoms with Gasteiger partial charge < -0.3 is 9.31 Å². The van der Waals surface area contributed by atoms with Gasteiger partial charge in [-0.25, -0.2) is 0 Å². The Labute approximate surface area is 132 Å². The summed E-state index contributed by atoms with van der Waals surface area (Å²) in [5.74, 6) is 0. The molecule has 0 saturated carbocycles. The molecule has 0 amide bonds. The zero-order valence-corrected chi connectivity index (χ0v) is 13.7. The van der Waals surface area contributed by atoms with E-state index in [4.69, 9.17) is 9.31 Å². The number of alkyl halides is 3. The van der Waals surface area contributed by atoms with E-state index < -0.39 is 30.1 Å². The number of aryl methyl sites for hydroxylation is 1. The molecule has 0 unspecified atom stereocenters. The fourth-order valence-corrected chi connectivity index (χ4v) is 2.61. The summed E-state index contributed by atoms with van der Waals surface area (Å²) in [5, 5.41) is 4.33. The Kier molecular flexibility index (Phi) is 3.36. The van der Waals surface area contributed by atoms with Crippen molar-refractivity contribution in [3.63, 3.8) is 0 Å². The van der Waals surface area contributed by atoms with Gasteiger partial charge >= 0.3 is 13.3 Å². The predicted molar refractivity (Wildman–Crippen MR) is 81.4 cm³/mol. The van der Waals surface area contributed by atoms with E-state index in [2.05, 4.69) is 5.10 Å². The summed E-state index contributed by atoms with van der Waals surface area (Å²) in [7, 11) is 0.750. The molecule has 1 aliphatic rings. The first-order chi connectivity index (χ1) is 10.4. The maximum Gasteiger partial charge on any atom is 0.494 e. The molecule has 1 aromatic carbocycles. The van der Waals surface area contributed by atoms with Gasteiger partial charge in [-0.2, -0.15) is 18.3 Å². The zero-order chi connectivity index (χ0) is 17.2. The Hall–Kier alpha value is -1.54. The van der Waals surface area contributed by atoms with Gasteiger partial charge in [0.15, 0.2) is 0 Å². The fourth-order valence-electron chi connectivity index (χ4n) is 2.61.